The minimum absolute atomic E-state index is 0.308. The molecule has 2 N–H and O–H groups in total. The summed E-state index contributed by atoms with van der Waals surface area (Å²) in [5.41, 5.74) is 1.41. The van der Waals surface area contributed by atoms with Crippen molar-refractivity contribution >= 4 is 17.3 Å². The molecule has 0 atom stereocenters. The van der Waals surface area contributed by atoms with Crippen molar-refractivity contribution in [2.45, 2.75) is 31.3 Å². The van der Waals surface area contributed by atoms with Crippen molar-refractivity contribution in [3.05, 3.63) is 70.5 Å². The van der Waals surface area contributed by atoms with E-state index in [2.05, 4.69) is 10.1 Å². The summed E-state index contributed by atoms with van der Waals surface area (Å²) in [7, 11) is 0. The van der Waals surface area contributed by atoms with Gasteiger partial charge in [0.05, 0.1) is 11.3 Å². The Morgan fingerprint density at radius 1 is 1.07 bits per heavy atom. The monoisotopic (exact) mass is 390 g/mol. The maximum atomic E-state index is 13.0. The molecule has 27 heavy (non-hydrogen) atoms. The minimum atomic E-state index is -0.799. The van der Waals surface area contributed by atoms with Gasteiger partial charge < -0.3 is 15.2 Å². The molecular formula is C21H24ClFN2O2. The number of nitrogens with zero attached hydrogens (tertiary/aromatic N) is 2. The maximum Gasteiger partial charge on any atom is 0.123 e. The Morgan fingerprint density at radius 2 is 1.70 bits per heavy atom. The molecule has 0 spiro atoms. The fraction of sp³-hybridized carbons (Fsp3) is 0.381. The number of rotatable bonds is 6. The van der Waals surface area contributed by atoms with Crippen molar-refractivity contribution in [1.29, 1.82) is 0 Å². The summed E-state index contributed by atoms with van der Waals surface area (Å²) < 4.78 is 13.0. The Hall–Kier alpha value is -1.95. The van der Waals surface area contributed by atoms with Crippen LogP contribution >= 0.6 is 11.6 Å². The number of hydrogen-bond donors (Lipinski definition) is 2. The van der Waals surface area contributed by atoms with Crippen molar-refractivity contribution < 1.29 is 14.7 Å². The molecule has 0 amide bonds. The van der Waals surface area contributed by atoms with Crippen LogP contribution in [-0.4, -0.2) is 40.6 Å². The van der Waals surface area contributed by atoms with Gasteiger partial charge in [-0.1, -0.05) is 41.0 Å². The Balaban J connectivity index is 1.48. The first-order chi connectivity index (χ1) is 13.0. The van der Waals surface area contributed by atoms with Gasteiger partial charge in [-0.2, -0.15) is 0 Å². The first-order valence-corrected chi connectivity index (χ1v) is 9.56. The minimum Gasteiger partial charge on any atom is -0.411 e. The SMILES string of the molecule is ON=C(CCCN1CCC(O)(c2ccc(Cl)cc2)CC1)c1ccc(F)cc1. The molecule has 0 bridgehead atoms. The van der Waals surface area contributed by atoms with Gasteiger partial charge in [-0.05, 0) is 67.6 Å². The first kappa shape index (κ1) is 19.8. The van der Waals surface area contributed by atoms with Gasteiger partial charge in [-0.3, -0.25) is 0 Å². The third-order valence-electron chi connectivity index (χ3n) is 5.25. The van der Waals surface area contributed by atoms with E-state index in [1.54, 1.807) is 12.1 Å². The van der Waals surface area contributed by atoms with Crippen LogP contribution in [0.25, 0.3) is 0 Å². The van der Waals surface area contributed by atoms with Crippen molar-refractivity contribution in [2.75, 3.05) is 19.6 Å². The zero-order chi connectivity index (χ0) is 19.3. The molecule has 1 aliphatic heterocycles. The highest BCUT2D eigenvalue weighted by Gasteiger charge is 2.33. The van der Waals surface area contributed by atoms with Crippen LogP contribution in [0, 0.1) is 5.82 Å². The predicted octanol–water partition coefficient (Wildman–Crippen LogP) is 4.42. The predicted molar refractivity (Wildman–Crippen MR) is 105 cm³/mol. The normalized spacial score (nSPS) is 17.8. The molecule has 1 saturated heterocycles. The molecule has 0 aromatic heterocycles. The van der Waals surface area contributed by atoms with E-state index in [0.29, 0.717) is 30.0 Å². The van der Waals surface area contributed by atoms with Gasteiger partial charge in [-0.15, -0.1) is 0 Å². The number of benzene rings is 2. The second kappa shape index (κ2) is 8.83. The molecule has 3 rings (SSSR count). The van der Waals surface area contributed by atoms with Gasteiger partial charge in [0, 0.05) is 18.1 Å². The van der Waals surface area contributed by atoms with E-state index in [4.69, 9.17) is 11.6 Å². The molecule has 0 aliphatic carbocycles. The van der Waals surface area contributed by atoms with Crippen LogP contribution in [0.2, 0.25) is 5.02 Å². The summed E-state index contributed by atoms with van der Waals surface area (Å²) >= 11 is 5.93. The van der Waals surface area contributed by atoms with Crippen molar-refractivity contribution in [1.82, 2.24) is 4.90 Å². The number of likely N-dealkylation sites (tertiary alicyclic amines) is 1. The van der Waals surface area contributed by atoms with Crippen LogP contribution < -0.4 is 0 Å². The van der Waals surface area contributed by atoms with Crippen LogP contribution in [-0.2, 0) is 5.60 Å². The van der Waals surface area contributed by atoms with E-state index < -0.39 is 5.60 Å². The van der Waals surface area contributed by atoms with Crippen molar-refractivity contribution in [2.24, 2.45) is 5.16 Å². The average Bonchev–Trinajstić information content (AvgIpc) is 2.68. The third kappa shape index (κ3) is 5.06. The average molecular weight is 391 g/mol. The summed E-state index contributed by atoms with van der Waals surface area (Å²) in [6, 6.07) is 13.4. The van der Waals surface area contributed by atoms with Crippen LogP contribution in [0.1, 0.15) is 36.8 Å². The highest BCUT2D eigenvalue weighted by atomic mass is 35.5. The van der Waals surface area contributed by atoms with Crippen LogP contribution in [0.4, 0.5) is 4.39 Å². The van der Waals surface area contributed by atoms with Gasteiger partial charge in [0.2, 0.25) is 0 Å². The summed E-state index contributed by atoms with van der Waals surface area (Å²) in [4.78, 5) is 2.31. The van der Waals surface area contributed by atoms with Crippen LogP contribution in [0.3, 0.4) is 0 Å². The number of halogens is 2. The molecule has 2 aromatic rings. The van der Waals surface area contributed by atoms with Gasteiger partial charge in [0.15, 0.2) is 0 Å². The Morgan fingerprint density at radius 3 is 2.30 bits per heavy atom. The lowest BCUT2D eigenvalue weighted by molar-refractivity contribution is -0.0259. The van der Waals surface area contributed by atoms with E-state index in [1.165, 1.54) is 12.1 Å². The summed E-state index contributed by atoms with van der Waals surface area (Å²) in [6.07, 6.45) is 2.79. The molecule has 6 heteroatoms. The molecule has 0 radical (unpaired) electrons. The molecule has 0 unspecified atom stereocenters. The standard InChI is InChI=1S/C21H24ClFN2O2/c22-18-7-5-17(6-8-18)21(26)11-14-25(15-12-21)13-1-2-20(24-27)16-3-9-19(23)10-4-16/h3-10,26-27H,1-2,11-15H2. The lowest BCUT2D eigenvalue weighted by Gasteiger charge is -2.38. The summed E-state index contributed by atoms with van der Waals surface area (Å²) in [5, 5.41) is 24.2. The summed E-state index contributed by atoms with van der Waals surface area (Å²) in [5.74, 6) is -0.308. The number of oxime groups is 1. The first-order valence-electron chi connectivity index (χ1n) is 9.18. The van der Waals surface area contributed by atoms with Crippen LogP contribution in [0.5, 0.6) is 0 Å². The van der Waals surface area contributed by atoms with E-state index in [9.17, 15) is 14.7 Å². The molecule has 4 nitrogen and oxygen atoms in total. The van der Waals surface area contributed by atoms with Crippen molar-refractivity contribution in [3.8, 4) is 0 Å². The van der Waals surface area contributed by atoms with Gasteiger partial charge in [-0.25, -0.2) is 4.39 Å². The maximum absolute atomic E-state index is 13.0. The van der Waals surface area contributed by atoms with Gasteiger partial charge in [0.25, 0.3) is 0 Å². The number of aliphatic hydroxyl groups is 1. The zero-order valence-corrected chi connectivity index (χ0v) is 15.9. The van der Waals surface area contributed by atoms with E-state index in [0.717, 1.165) is 37.2 Å². The number of piperidine rings is 1. The Bertz CT molecular complexity index is 770. The van der Waals surface area contributed by atoms with Crippen LogP contribution in [0.15, 0.2) is 53.7 Å². The molecule has 1 heterocycles. The largest absolute Gasteiger partial charge is 0.411 e. The smallest absolute Gasteiger partial charge is 0.123 e. The van der Waals surface area contributed by atoms with E-state index >= 15 is 0 Å². The Labute approximate surface area is 163 Å². The second-order valence-corrected chi connectivity index (χ2v) is 7.47. The second-order valence-electron chi connectivity index (χ2n) is 7.04. The molecule has 1 aliphatic rings. The molecule has 2 aromatic carbocycles. The molecular weight excluding hydrogens is 367 g/mol. The lowest BCUT2D eigenvalue weighted by atomic mass is 9.84. The number of hydrogen-bond acceptors (Lipinski definition) is 4. The fourth-order valence-corrected chi connectivity index (χ4v) is 3.69. The topological polar surface area (TPSA) is 56.1 Å². The van der Waals surface area contributed by atoms with Gasteiger partial charge in [0.1, 0.15) is 5.82 Å². The molecule has 1 fully saturated rings. The third-order valence-corrected chi connectivity index (χ3v) is 5.50. The van der Waals surface area contributed by atoms with E-state index in [1.807, 2.05) is 24.3 Å². The lowest BCUT2D eigenvalue weighted by Crippen LogP contribution is -2.42. The quantitative estimate of drug-likeness (QED) is 0.436. The van der Waals surface area contributed by atoms with Crippen molar-refractivity contribution in [3.63, 3.8) is 0 Å². The fourth-order valence-electron chi connectivity index (χ4n) is 3.56. The highest BCUT2D eigenvalue weighted by Crippen LogP contribution is 2.33. The van der Waals surface area contributed by atoms with Gasteiger partial charge >= 0.3 is 0 Å². The Kier molecular flexibility index (Phi) is 6.47. The molecule has 0 saturated carbocycles. The molecule has 144 valence electrons. The van der Waals surface area contributed by atoms with E-state index in [-0.39, 0.29) is 5.82 Å². The highest BCUT2D eigenvalue weighted by molar-refractivity contribution is 6.30. The summed E-state index contributed by atoms with van der Waals surface area (Å²) in [6.45, 7) is 2.47. The zero-order valence-electron chi connectivity index (χ0n) is 15.1.